The molecule has 0 atom stereocenters. The van der Waals surface area contributed by atoms with Crippen molar-refractivity contribution in [2.75, 3.05) is 6.54 Å². The number of carbonyl (C=O) groups is 1. The van der Waals surface area contributed by atoms with Gasteiger partial charge in [0.05, 0.1) is 5.56 Å². The molecule has 3 heteroatoms. The minimum atomic E-state index is -0.869. The van der Waals surface area contributed by atoms with Crippen LogP contribution in [0.15, 0.2) is 24.3 Å². The maximum atomic E-state index is 10.7. The Kier molecular flexibility index (Phi) is 5.70. The molecule has 0 saturated heterocycles. The first-order chi connectivity index (χ1) is 8.17. The van der Waals surface area contributed by atoms with E-state index in [1.807, 2.05) is 12.1 Å². The summed E-state index contributed by atoms with van der Waals surface area (Å²) in [6.45, 7) is 5.31. The Labute approximate surface area is 103 Å². The van der Waals surface area contributed by atoms with Gasteiger partial charge in [0.2, 0.25) is 0 Å². The second-order valence-electron chi connectivity index (χ2n) is 4.22. The fourth-order valence-electron chi connectivity index (χ4n) is 1.81. The predicted octanol–water partition coefficient (Wildman–Crippen LogP) is 2.71. The van der Waals surface area contributed by atoms with Gasteiger partial charge >= 0.3 is 5.97 Å². The molecule has 0 unspecified atom stereocenters. The molecule has 0 spiro atoms. The fraction of sp³-hybridized carbons (Fsp3) is 0.500. The van der Waals surface area contributed by atoms with Gasteiger partial charge in [-0.3, -0.25) is 0 Å². The SMILES string of the molecule is CCC(CC)NCCc1ccc(C(=O)O)cc1. The van der Waals surface area contributed by atoms with Gasteiger partial charge in [-0.25, -0.2) is 4.79 Å². The van der Waals surface area contributed by atoms with E-state index >= 15 is 0 Å². The first kappa shape index (κ1) is 13.7. The smallest absolute Gasteiger partial charge is 0.335 e. The average Bonchev–Trinajstić information content (AvgIpc) is 2.35. The van der Waals surface area contributed by atoms with E-state index in [4.69, 9.17) is 5.11 Å². The third-order valence-electron chi connectivity index (χ3n) is 3.03. The fourth-order valence-corrected chi connectivity index (χ4v) is 1.81. The lowest BCUT2D eigenvalue weighted by molar-refractivity contribution is 0.0697. The molecule has 1 aromatic carbocycles. The van der Waals surface area contributed by atoms with Gasteiger partial charge in [-0.1, -0.05) is 26.0 Å². The number of carboxylic acids is 1. The van der Waals surface area contributed by atoms with Crippen LogP contribution in [0.5, 0.6) is 0 Å². The first-order valence-corrected chi connectivity index (χ1v) is 6.23. The zero-order valence-corrected chi connectivity index (χ0v) is 10.6. The topological polar surface area (TPSA) is 49.3 Å². The number of benzene rings is 1. The third-order valence-corrected chi connectivity index (χ3v) is 3.03. The molecule has 0 aromatic heterocycles. The zero-order chi connectivity index (χ0) is 12.7. The molecule has 2 N–H and O–H groups in total. The van der Waals surface area contributed by atoms with Crippen LogP contribution in [0.25, 0.3) is 0 Å². The van der Waals surface area contributed by atoms with Gasteiger partial charge in [-0.15, -0.1) is 0 Å². The summed E-state index contributed by atoms with van der Waals surface area (Å²) < 4.78 is 0. The van der Waals surface area contributed by atoms with Gasteiger partial charge in [0.25, 0.3) is 0 Å². The number of hydrogen-bond acceptors (Lipinski definition) is 2. The van der Waals surface area contributed by atoms with Crippen molar-refractivity contribution in [1.82, 2.24) is 5.32 Å². The summed E-state index contributed by atoms with van der Waals surface area (Å²) in [5.74, 6) is -0.869. The minimum Gasteiger partial charge on any atom is -0.478 e. The van der Waals surface area contributed by atoms with E-state index in [0.29, 0.717) is 11.6 Å². The molecule has 17 heavy (non-hydrogen) atoms. The number of carboxylic acid groups (broad SMARTS) is 1. The monoisotopic (exact) mass is 235 g/mol. The lowest BCUT2D eigenvalue weighted by atomic mass is 10.1. The largest absolute Gasteiger partial charge is 0.478 e. The highest BCUT2D eigenvalue weighted by Crippen LogP contribution is 2.05. The zero-order valence-electron chi connectivity index (χ0n) is 10.6. The Balaban J connectivity index is 2.39. The molecule has 0 fully saturated rings. The van der Waals surface area contributed by atoms with E-state index in [1.165, 1.54) is 5.56 Å². The molecule has 1 aromatic rings. The Morgan fingerprint density at radius 1 is 1.24 bits per heavy atom. The van der Waals surface area contributed by atoms with E-state index in [1.54, 1.807) is 12.1 Å². The predicted molar refractivity (Wildman–Crippen MR) is 69.5 cm³/mol. The molecule has 94 valence electrons. The third kappa shape index (κ3) is 4.57. The van der Waals surface area contributed by atoms with Crippen LogP contribution >= 0.6 is 0 Å². The van der Waals surface area contributed by atoms with Crippen LogP contribution in [-0.4, -0.2) is 23.7 Å². The molecule has 1 rings (SSSR count). The number of rotatable bonds is 7. The molecule has 0 bridgehead atoms. The summed E-state index contributed by atoms with van der Waals surface area (Å²) in [4.78, 5) is 10.7. The molecule has 0 aliphatic heterocycles. The van der Waals surface area contributed by atoms with E-state index in [9.17, 15) is 4.79 Å². The summed E-state index contributed by atoms with van der Waals surface area (Å²) in [6.07, 6.45) is 3.24. The van der Waals surface area contributed by atoms with Crippen molar-refractivity contribution in [2.45, 2.75) is 39.2 Å². The Hall–Kier alpha value is -1.35. The van der Waals surface area contributed by atoms with Crippen molar-refractivity contribution in [3.05, 3.63) is 35.4 Å². The van der Waals surface area contributed by atoms with Crippen LogP contribution in [0.3, 0.4) is 0 Å². The van der Waals surface area contributed by atoms with Crippen LogP contribution in [-0.2, 0) is 6.42 Å². The lowest BCUT2D eigenvalue weighted by Crippen LogP contribution is -2.29. The van der Waals surface area contributed by atoms with Gasteiger partial charge in [0.1, 0.15) is 0 Å². The second-order valence-corrected chi connectivity index (χ2v) is 4.22. The number of hydrogen-bond donors (Lipinski definition) is 2. The average molecular weight is 235 g/mol. The quantitative estimate of drug-likeness (QED) is 0.764. The molecule has 0 saturated carbocycles. The number of aromatic carboxylic acids is 1. The highest BCUT2D eigenvalue weighted by molar-refractivity contribution is 5.87. The highest BCUT2D eigenvalue weighted by Gasteiger charge is 2.03. The van der Waals surface area contributed by atoms with Crippen LogP contribution in [0.4, 0.5) is 0 Å². The van der Waals surface area contributed by atoms with Crippen molar-refractivity contribution in [3.63, 3.8) is 0 Å². The highest BCUT2D eigenvalue weighted by atomic mass is 16.4. The molecule has 0 aliphatic carbocycles. The van der Waals surface area contributed by atoms with Crippen molar-refractivity contribution >= 4 is 5.97 Å². The maximum absolute atomic E-state index is 10.7. The van der Waals surface area contributed by atoms with E-state index < -0.39 is 5.97 Å². The summed E-state index contributed by atoms with van der Waals surface area (Å²) in [5, 5.41) is 12.3. The summed E-state index contributed by atoms with van der Waals surface area (Å²) in [6, 6.07) is 7.69. The van der Waals surface area contributed by atoms with Crippen LogP contribution in [0, 0.1) is 0 Å². The van der Waals surface area contributed by atoms with Crippen molar-refractivity contribution in [3.8, 4) is 0 Å². The molecule has 0 radical (unpaired) electrons. The Morgan fingerprint density at radius 2 is 1.82 bits per heavy atom. The van der Waals surface area contributed by atoms with Crippen molar-refractivity contribution < 1.29 is 9.90 Å². The van der Waals surface area contributed by atoms with E-state index in [2.05, 4.69) is 19.2 Å². The van der Waals surface area contributed by atoms with Gasteiger partial charge in [-0.05, 0) is 43.5 Å². The maximum Gasteiger partial charge on any atom is 0.335 e. The van der Waals surface area contributed by atoms with E-state index in [0.717, 1.165) is 25.8 Å². The summed E-state index contributed by atoms with van der Waals surface area (Å²) in [5.41, 5.74) is 1.52. The molecular weight excluding hydrogens is 214 g/mol. The van der Waals surface area contributed by atoms with Crippen LogP contribution < -0.4 is 5.32 Å². The van der Waals surface area contributed by atoms with E-state index in [-0.39, 0.29) is 0 Å². The van der Waals surface area contributed by atoms with Gasteiger partial charge in [-0.2, -0.15) is 0 Å². The molecule has 3 nitrogen and oxygen atoms in total. The van der Waals surface area contributed by atoms with Crippen LogP contribution in [0.2, 0.25) is 0 Å². The number of nitrogens with one attached hydrogen (secondary N) is 1. The standard InChI is InChI=1S/C14H21NO2/c1-3-13(4-2)15-10-9-11-5-7-12(8-6-11)14(16)17/h5-8,13,15H,3-4,9-10H2,1-2H3,(H,16,17). The summed E-state index contributed by atoms with van der Waals surface area (Å²) in [7, 11) is 0. The van der Waals surface area contributed by atoms with Gasteiger partial charge in [0, 0.05) is 6.04 Å². The lowest BCUT2D eigenvalue weighted by Gasteiger charge is -2.14. The minimum absolute atomic E-state index is 0.349. The molecule has 0 amide bonds. The molecule has 0 heterocycles. The molecular formula is C14H21NO2. The van der Waals surface area contributed by atoms with Crippen LogP contribution in [0.1, 0.15) is 42.6 Å². The van der Waals surface area contributed by atoms with Crippen molar-refractivity contribution in [2.24, 2.45) is 0 Å². The summed E-state index contributed by atoms with van der Waals surface area (Å²) >= 11 is 0. The Morgan fingerprint density at radius 3 is 2.29 bits per heavy atom. The second kappa shape index (κ2) is 7.07. The van der Waals surface area contributed by atoms with Gasteiger partial charge in [0.15, 0.2) is 0 Å². The van der Waals surface area contributed by atoms with Gasteiger partial charge < -0.3 is 10.4 Å². The normalized spacial score (nSPS) is 10.8. The molecule has 0 aliphatic rings. The van der Waals surface area contributed by atoms with Crippen molar-refractivity contribution in [1.29, 1.82) is 0 Å². The Bertz CT molecular complexity index is 342. The first-order valence-electron chi connectivity index (χ1n) is 6.23.